The molecule has 0 aliphatic carbocycles. The van der Waals surface area contributed by atoms with Crippen LogP contribution in [0.1, 0.15) is 16.9 Å². The lowest BCUT2D eigenvalue weighted by Gasteiger charge is -2.10. The molecule has 0 saturated heterocycles. The summed E-state index contributed by atoms with van der Waals surface area (Å²) in [5.41, 5.74) is 0.315. The van der Waals surface area contributed by atoms with Gasteiger partial charge in [-0.2, -0.15) is 0 Å². The van der Waals surface area contributed by atoms with E-state index in [9.17, 15) is 4.79 Å². The van der Waals surface area contributed by atoms with E-state index in [1.54, 1.807) is 25.4 Å². The molecule has 1 aromatic heterocycles. The molecule has 2 aromatic rings. The highest BCUT2D eigenvalue weighted by Crippen LogP contribution is 2.37. The Bertz CT molecular complexity index is 680. The molecular weight excluding hydrogens is 379 g/mol. The average Bonchev–Trinajstić information content (AvgIpc) is 2.48. The Labute approximate surface area is 140 Å². The number of pyridine rings is 1. The quantitative estimate of drug-likeness (QED) is 0.617. The SMILES string of the molecule is COCCCNC(=O)c1nccc2c(Cl)c(Cl)cc(Br)c12. The first-order chi connectivity index (χ1) is 10.1. The van der Waals surface area contributed by atoms with Crippen LogP contribution in [0.5, 0.6) is 0 Å². The van der Waals surface area contributed by atoms with Crippen molar-refractivity contribution in [3.8, 4) is 0 Å². The van der Waals surface area contributed by atoms with Crippen LogP contribution in [0.2, 0.25) is 10.0 Å². The minimum Gasteiger partial charge on any atom is -0.385 e. The van der Waals surface area contributed by atoms with Crippen molar-refractivity contribution in [2.75, 3.05) is 20.3 Å². The van der Waals surface area contributed by atoms with E-state index in [0.29, 0.717) is 44.1 Å². The fourth-order valence-corrected chi connectivity index (χ4v) is 3.12. The molecule has 0 aliphatic rings. The van der Waals surface area contributed by atoms with E-state index in [1.807, 2.05) is 0 Å². The first-order valence-corrected chi connectivity index (χ1v) is 7.80. The Hall–Kier alpha value is -0.880. The van der Waals surface area contributed by atoms with E-state index in [1.165, 1.54) is 0 Å². The zero-order chi connectivity index (χ0) is 15.4. The molecule has 1 heterocycles. The number of rotatable bonds is 5. The van der Waals surface area contributed by atoms with E-state index in [2.05, 4.69) is 26.2 Å². The van der Waals surface area contributed by atoms with Crippen molar-refractivity contribution in [2.24, 2.45) is 0 Å². The molecule has 112 valence electrons. The van der Waals surface area contributed by atoms with Gasteiger partial charge in [-0.15, -0.1) is 0 Å². The zero-order valence-corrected chi connectivity index (χ0v) is 14.3. The minimum atomic E-state index is -0.254. The molecule has 1 aromatic carbocycles. The van der Waals surface area contributed by atoms with Crippen molar-refractivity contribution in [1.29, 1.82) is 0 Å². The van der Waals surface area contributed by atoms with E-state index >= 15 is 0 Å². The number of hydrogen-bond acceptors (Lipinski definition) is 3. The summed E-state index contributed by atoms with van der Waals surface area (Å²) in [4.78, 5) is 16.4. The number of aromatic nitrogens is 1. The number of benzene rings is 1. The number of carbonyl (C=O) groups excluding carboxylic acids is 1. The van der Waals surface area contributed by atoms with Gasteiger partial charge in [0.05, 0.1) is 10.0 Å². The molecule has 1 amide bonds. The third-order valence-electron chi connectivity index (χ3n) is 2.92. The Morgan fingerprint density at radius 3 is 2.95 bits per heavy atom. The first kappa shape index (κ1) is 16.5. The van der Waals surface area contributed by atoms with Crippen LogP contribution < -0.4 is 5.32 Å². The van der Waals surface area contributed by atoms with Gasteiger partial charge in [-0.25, -0.2) is 0 Å². The van der Waals surface area contributed by atoms with Crippen LogP contribution in [-0.4, -0.2) is 31.2 Å². The topological polar surface area (TPSA) is 51.2 Å². The second-order valence-corrected chi connectivity index (χ2v) is 5.98. The van der Waals surface area contributed by atoms with Crippen molar-refractivity contribution in [3.63, 3.8) is 0 Å². The fourth-order valence-electron chi connectivity index (χ4n) is 1.94. The largest absolute Gasteiger partial charge is 0.385 e. The Morgan fingerprint density at radius 1 is 1.48 bits per heavy atom. The number of ether oxygens (including phenoxy) is 1. The molecule has 21 heavy (non-hydrogen) atoms. The Morgan fingerprint density at radius 2 is 2.24 bits per heavy atom. The van der Waals surface area contributed by atoms with Crippen LogP contribution in [0.4, 0.5) is 0 Å². The maximum Gasteiger partial charge on any atom is 0.270 e. The van der Waals surface area contributed by atoms with Crippen molar-refractivity contribution >= 4 is 55.8 Å². The summed E-state index contributed by atoms with van der Waals surface area (Å²) in [7, 11) is 1.62. The van der Waals surface area contributed by atoms with Crippen molar-refractivity contribution in [1.82, 2.24) is 10.3 Å². The molecule has 0 radical (unpaired) electrons. The molecule has 0 saturated carbocycles. The van der Waals surface area contributed by atoms with Crippen LogP contribution in [0.25, 0.3) is 10.8 Å². The van der Waals surface area contributed by atoms with E-state index in [4.69, 9.17) is 27.9 Å². The number of nitrogens with one attached hydrogen (secondary N) is 1. The third-order valence-corrected chi connectivity index (χ3v) is 4.34. The monoisotopic (exact) mass is 390 g/mol. The van der Waals surface area contributed by atoms with Crippen molar-refractivity contribution in [3.05, 3.63) is 38.5 Å². The maximum atomic E-state index is 12.3. The lowest BCUT2D eigenvalue weighted by atomic mass is 10.1. The number of nitrogens with zero attached hydrogens (tertiary/aromatic N) is 1. The number of hydrogen-bond donors (Lipinski definition) is 1. The fraction of sp³-hybridized carbons (Fsp3) is 0.286. The van der Waals surface area contributed by atoms with Gasteiger partial charge in [-0.05, 0) is 18.6 Å². The lowest BCUT2D eigenvalue weighted by Crippen LogP contribution is -2.26. The van der Waals surface area contributed by atoms with Gasteiger partial charge >= 0.3 is 0 Å². The van der Waals surface area contributed by atoms with Crippen LogP contribution in [-0.2, 0) is 4.74 Å². The van der Waals surface area contributed by atoms with Gasteiger partial charge in [0.2, 0.25) is 0 Å². The molecule has 0 bridgehead atoms. The average molecular weight is 392 g/mol. The van der Waals surface area contributed by atoms with E-state index in [0.717, 1.165) is 6.42 Å². The number of methoxy groups -OCH3 is 1. The first-order valence-electron chi connectivity index (χ1n) is 6.25. The maximum absolute atomic E-state index is 12.3. The summed E-state index contributed by atoms with van der Waals surface area (Å²) >= 11 is 15.6. The van der Waals surface area contributed by atoms with E-state index in [-0.39, 0.29) is 5.91 Å². The van der Waals surface area contributed by atoms with E-state index < -0.39 is 0 Å². The van der Waals surface area contributed by atoms with Gasteiger partial charge in [0, 0.05) is 41.7 Å². The van der Waals surface area contributed by atoms with Crippen LogP contribution >= 0.6 is 39.1 Å². The lowest BCUT2D eigenvalue weighted by molar-refractivity contribution is 0.0945. The molecule has 7 heteroatoms. The Kier molecular flexibility index (Phi) is 5.81. The number of amides is 1. The predicted octanol–water partition coefficient (Wildman–Crippen LogP) is 4.07. The van der Waals surface area contributed by atoms with Gasteiger partial charge in [0.1, 0.15) is 5.69 Å². The van der Waals surface area contributed by atoms with Crippen molar-refractivity contribution < 1.29 is 9.53 Å². The second kappa shape index (κ2) is 7.40. The minimum absolute atomic E-state index is 0.254. The van der Waals surface area contributed by atoms with Crippen LogP contribution in [0.3, 0.4) is 0 Å². The van der Waals surface area contributed by atoms with Gasteiger partial charge in [-0.3, -0.25) is 9.78 Å². The van der Waals surface area contributed by atoms with Gasteiger partial charge in [0.15, 0.2) is 0 Å². The highest BCUT2D eigenvalue weighted by atomic mass is 79.9. The highest BCUT2D eigenvalue weighted by Gasteiger charge is 2.17. The smallest absolute Gasteiger partial charge is 0.270 e. The molecular formula is C14H13BrCl2N2O2. The molecule has 0 fully saturated rings. The number of carbonyl (C=O) groups is 1. The molecule has 0 aliphatic heterocycles. The molecule has 4 nitrogen and oxygen atoms in total. The summed E-state index contributed by atoms with van der Waals surface area (Å²) in [5.74, 6) is -0.254. The molecule has 0 unspecified atom stereocenters. The summed E-state index contributed by atoms with van der Waals surface area (Å²) in [5, 5.41) is 4.98. The standard InChI is InChI=1S/C14H13BrCl2N2O2/c1-21-6-2-4-19-14(20)13-11-8(3-5-18-13)12(17)10(16)7-9(11)15/h3,5,7H,2,4,6H2,1H3,(H,19,20). The van der Waals surface area contributed by atoms with Gasteiger partial charge in [0.25, 0.3) is 5.91 Å². The molecule has 0 spiro atoms. The third kappa shape index (κ3) is 3.66. The normalized spacial score (nSPS) is 10.9. The van der Waals surface area contributed by atoms with Crippen LogP contribution in [0, 0.1) is 0 Å². The zero-order valence-electron chi connectivity index (χ0n) is 11.3. The molecule has 1 N–H and O–H groups in total. The second-order valence-electron chi connectivity index (χ2n) is 4.34. The summed E-state index contributed by atoms with van der Waals surface area (Å²) in [6.07, 6.45) is 2.28. The highest BCUT2D eigenvalue weighted by molar-refractivity contribution is 9.10. The number of halogens is 3. The summed E-state index contributed by atoms with van der Waals surface area (Å²) < 4.78 is 5.62. The number of fused-ring (bicyclic) bond motifs is 1. The summed E-state index contributed by atoms with van der Waals surface area (Å²) in [6.45, 7) is 1.11. The molecule has 0 atom stereocenters. The van der Waals surface area contributed by atoms with Crippen molar-refractivity contribution in [2.45, 2.75) is 6.42 Å². The summed E-state index contributed by atoms with van der Waals surface area (Å²) in [6, 6.07) is 3.39. The van der Waals surface area contributed by atoms with Gasteiger partial charge in [-0.1, -0.05) is 39.1 Å². The molecule has 2 rings (SSSR count). The Balaban J connectivity index is 2.36. The van der Waals surface area contributed by atoms with Crippen LogP contribution in [0.15, 0.2) is 22.8 Å². The van der Waals surface area contributed by atoms with Gasteiger partial charge < -0.3 is 10.1 Å². The predicted molar refractivity (Wildman–Crippen MR) is 88.3 cm³/mol.